The molecule has 1 saturated carbocycles. The Hall–Kier alpha value is -2.58. The molecule has 4 rings (SSSR count). The summed E-state index contributed by atoms with van der Waals surface area (Å²) in [7, 11) is 1.95. The van der Waals surface area contributed by atoms with E-state index in [2.05, 4.69) is 15.3 Å². The number of nitrogens with one attached hydrogen (secondary N) is 2. The number of likely N-dealkylation sites (tertiary alicyclic amines) is 1. The molecule has 0 radical (unpaired) electrons. The number of ether oxygens (including phenoxy) is 1. The summed E-state index contributed by atoms with van der Waals surface area (Å²) in [6.45, 7) is 0.447. The molecular formula is C22H25ClFN5O2. The highest BCUT2D eigenvalue weighted by molar-refractivity contribution is 6.30. The van der Waals surface area contributed by atoms with Gasteiger partial charge >= 0.3 is 0 Å². The third-order valence-corrected chi connectivity index (χ3v) is 6.17. The molecule has 0 bridgehead atoms. The molecule has 1 amide bonds. The third kappa shape index (κ3) is 4.85. The maximum absolute atomic E-state index is 14.0. The van der Waals surface area contributed by atoms with Gasteiger partial charge in [-0.15, -0.1) is 0 Å². The van der Waals surface area contributed by atoms with E-state index in [0.717, 1.165) is 25.7 Å². The van der Waals surface area contributed by atoms with E-state index in [4.69, 9.17) is 21.7 Å². The van der Waals surface area contributed by atoms with Crippen LogP contribution in [0.4, 0.5) is 4.39 Å². The maximum atomic E-state index is 14.0. The van der Waals surface area contributed by atoms with Gasteiger partial charge in [-0.25, -0.2) is 14.4 Å². The van der Waals surface area contributed by atoms with Crippen LogP contribution in [0.1, 0.15) is 47.8 Å². The summed E-state index contributed by atoms with van der Waals surface area (Å²) in [5.74, 6) is -0.405. The number of nitrogens with zero attached hydrogens (tertiary/aromatic N) is 3. The van der Waals surface area contributed by atoms with Crippen molar-refractivity contribution in [2.45, 2.75) is 43.7 Å². The van der Waals surface area contributed by atoms with Crippen LogP contribution < -0.4 is 10.1 Å². The second kappa shape index (κ2) is 9.28. The van der Waals surface area contributed by atoms with Gasteiger partial charge in [0.1, 0.15) is 17.4 Å². The number of hydrogen-bond donors (Lipinski definition) is 2. The van der Waals surface area contributed by atoms with E-state index in [1.165, 1.54) is 30.6 Å². The predicted molar refractivity (Wildman–Crippen MR) is 116 cm³/mol. The maximum Gasteiger partial charge on any atom is 0.257 e. The van der Waals surface area contributed by atoms with Crippen molar-refractivity contribution in [1.29, 1.82) is 5.41 Å². The molecule has 2 fully saturated rings. The van der Waals surface area contributed by atoms with E-state index >= 15 is 0 Å². The van der Waals surface area contributed by atoms with Crippen LogP contribution >= 0.6 is 11.6 Å². The molecule has 2 N–H and O–H groups in total. The van der Waals surface area contributed by atoms with Crippen LogP contribution in [0.25, 0.3) is 0 Å². The largest absolute Gasteiger partial charge is 0.489 e. The van der Waals surface area contributed by atoms with E-state index in [0.29, 0.717) is 28.2 Å². The predicted octanol–water partition coefficient (Wildman–Crippen LogP) is 3.44. The molecule has 1 aliphatic heterocycles. The first-order valence-corrected chi connectivity index (χ1v) is 10.8. The van der Waals surface area contributed by atoms with Gasteiger partial charge in [0.05, 0.1) is 29.2 Å². The fraction of sp³-hybridized carbons (Fsp3) is 0.455. The van der Waals surface area contributed by atoms with E-state index in [9.17, 15) is 9.18 Å². The number of amides is 1. The smallest absolute Gasteiger partial charge is 0.257 e. The van der Waals surface area contributed by atoms with Crippen LogP contribution in [-0.4, -0.2) is 58.8 Å². The second-order valence-corrected chi connectivity index (χ2v) is 8.48. The molecule has 31 heavy (non-hydrogen) atoms. The minimum atomic E-state index is -0.447. The summed E-state index contributed by atoms with van der Waals surface area (Å²) >= 11 is 5.85. The van der Waals surface area contributed by atoms with Gasteiger partial charge in [0.15, 0.2) is 0 Å². The summed E-state index contributed by atoms with van der Waals surface area (Å²) < 4.78 is 20.0. The van der Waals surface area contributed by atoms with Crippen LogP contribution in [0.3, 0.4) is 0 Å². The van der Waals surface area contributed by atoms with Crippen LogP contribution in [0, 0.1) is 11.2 Å². The van der Waals surface area contributed by atoms with Gasteiger partial charge in [0, 0.05) is 36.8 Å². The molecule has 7 nitrogen and oxygen atoms in total. The number of carbonyl (C=O) groups is 1. The number of halogens is 2. The molecule has 9 heteroatoms. The van der Waals surface area contributed by atoms with Crippen molar-refractivity contribution < 1.29 is 13.9 Å². The van der Waals surface area contributed by atoms with Crippen molar-refractivity contribution in [1.82, 2.24) is 20.2 Å². The third-order valence-electron chi connectivity index (χ3n) is 5.97. The van der Waals surface area contributed by atoms with Gasteiger partial charge in [-0.3, -0.25) is 4.79 Å². The number of hydrogen-bond acceptors (Lipinski definition) is 6. The summed E-state index contributed by atoms with van der Waals surface area (Å²) in [5.41, 5.74) is 0.660. The van der Waals surface area contributed by atoms with Gasteiger partial charge in [0.25, 0.3) is 5.91 Å². The van der Waals surface area contributed by atoms with Gasteiger partial charge < -0.3 is 20.4 Å². The van der Waals surface area contributed by atoms with Crippen molar-refractivity contribution in [2.24, 2.45) is 0 Å². The lowest BCUT2D eigenvalue weighted by molar-refractivity contribution is 0.0782. The minimum Gasteiger partial charge on any atom is -0.489 e. The lowest BCUT2D eigenvalue weighted by atomic mass is 9.93. The number of aromatic nitrogens is 2. The van der Waals surface area contributed by atoms with Crippen LogP contribution in [0.2, 0.25) is 5.02 Å². The first-order valence-electron chi connectivity index (χ1n) is 10.4. The zero-order valence-electron chi connectivity index (χ0n) is 17.3. The second-order valence-electron chi connectivity index (χ2n) is 8.04. The van der Waals surface area contributed by atoms with E-state index in [1.54, 1.807) is 4.90 Å². The van der Waals surface area contributed by atoms with Crippen molar-refractivity contribution in [3.63, 3.8) is 0 Å². The Kier molecular flexibility index (Phi) is 6.48. The van der Waals surface area contributed by atoms with Gasteiger partial charge in [-0.1, -0.05) is 11.6 Å². The first kappa shape index (κ1) is 21.6. The molecule has 164 valence electrons. The van der Waals surface area contributed by atoms with E-state index in [1.807, 2.05) is 7.05 Å². The van der Waals surface area contributed by atoms with Crippen molar-refractivity contribution in [2.75, 3.05) is 20.1 Å². The van der Waals surface area contributed by atoms with Crippen LogP contribution in [-0.2, 0) is 0 Å². The molecule has 2 aromatic rings. The summed E-state index contributed by atoms with van der Waals surface area (Å²) in [5, 5.41) is 12.0. The molecule has 0 spiro atoms. The van der Waals surface area contributed by atoms with Gasteiger partial charge in [0.2, 0.25) is 0 Å². The lowest BCUT2D eigenvalue weighted by Gasteiger charge is -2.29. The molecule has 1 saturated heterocycles. The number of carbonyl (C=O) groups excluding carboxylic acids is 1. The molecular weight excluding hydrogens is 421 g/mol. The molecule has 1 atom stereocenters. The minimum absolute atomic E-state index is 0.0509. The molecule has 1 aliphatic carbocycles. The monoisotopic (exact) mass is 445 g/mol. The first-order chi connectivity index (χ1) is 14.9. The Bertz CT molecular complexity index is 963. The van der Waals surface area contributed by atoms with E-state index < -0.39 is 5.82 Å². The highest BCUT2D eigenvalue weighted by Crippen LogP contribution is 2.30. The Labute approximate surface area is 185 Å². The van der Waals surface area contributed by atoms with Crippen molar-refractivity contribution >= 4 is 23.2 Å². The molecule has 2 heterocycles. The molecule has 1 aromatic carbocycles. The van der Waals surface area contributed by atoms with E-state index in [-0.39, 0.29) is 36.8 Å². The Balaban J connectivity index is 1.49. The normalized spacial score (nSPS) is 23.8. The zero-order valence-corrected chi connectivity index (χ0v) is 18.0. The fourth-order valence-electron chi connectivity index (χ4n) is 4.19. The number of benzene rings is 1. The topological polar surface area (TPSA) is 91.2 Å². The van der Waals surface area contributed by atoms with Crippen LogP contribution in [0.15, 0.2) is 30.6 Å². The highest BCUT2D eigenvalue weighted by atomic mass is 35.5. The van der Waals surface area contributed by atoms with Crippen molar-refractivity contribution in [3.8, 4) is 5.75 Å². The van der Waals surface area contributed by atoms with Crippen molar-refractivity contribution in [3.05, 3.63) is 52.8 Å². The quantitative estimate of drug-likeness (QED) is 0.735. The Morgan fingerprint density at radius 2 is 1.97 bits per heavy atom. The standard InChI is InChI=1S/C22H25ClFN5O2/c1-26-15-3-5-16(6-4-15)31-20-8-14(24)2-7-17(20)22(30)29-11-18(19(25)12-29)21-27-9-13(23)10-28-21/h2,7-10,15-16,18,25-26H,3-6,11-12H2,1H3. The fourth-order valence-corrected chi connectivity index (χ4v) is 4.29. The SMILES string of the molecule is CNC1CCC(Oc2cc(F)ccc2C(=O)N2CC(=N)C(c3ncc(Cl)cn3)C2)CC1. The Morgan fingerprint density at radius 1 is 1.26 bits per heavy atom. The molecule has 2 aliphatic rings. The van der Waals surface area contributed by atoms with Gasteiger partial charge in [-0.05, 0) is 44.9 Å². The average molecular weight is 446 g/mol. The molecule has 1 aromatic heterocycles. The zero-order chi connectivity index (χ0) is 22.0. The summed E-state index contributed by atoms with van der Waals surface area (Å²) in [6, 6.07) is 4.47. The number of rotatable bonds is 5. The summed E-state index contributed by atoms with van der Waals surface area (Å²) in [6.07, 6.45) is 6.56. The molecule has 1 unspecified atom stereocenters. The average Bonchev–Trinajstić information content (AvgIpc) is 3.16. The van der Waals surface area contributed by atoms with Gasteiger partial charge in [-0.2, -0.15) is 0 Å². The summed E-state index contributed by atoms with van der Waals surface area (Å²) in [4.78, 5) is 23.2. The lowest BCUT2D eigenvalue weighted by Crippen LogP contribution is -2.34. The Morgan fingerprint density at radius 3 is 2.65 bits per heavy atom. The highest BCUT2D eigenvalue weighted by Gasteiger charge is 2.35. The van der Waals surface area contributed by atoms with Crippen LogP contribution in [0.5, 0.6) is 5.75 Å².